The molecule has 0 saturated carbocycles. The Bertz CT molecular complexity index is 1070. The van der Waals surface area contributed by atoms with E-state index in [4.69, 9.17) is 11.6 Å². The lowest BCUT2D eigenvalue weighted by atomic mass is 9.95. The van der Waals surface area contributed by atoms with Crippen LogP contribution in [-0.4, -0.2) is 18.9 Å². The van der Waals surface area contributed by atoms with Crippen molar-refractivity contribution in [2.45, 2.75) is 32.6 Å². The summed E-state index contributed by atoms with van der Waals surface area (Å²) in [6, 6.07) is 5.96. The van der Waals surface area contributed by atoms with Gasteiger partial charge in [-0.1, -0.05) is 23.7 Å². The molecule has 4 rings (SSSR count). The lowest BCUT2D eigenvalue weighted by molar-refractivity contribution is 0.0963. The van der Waals surface area contributed by atoms with E-state index in [0.29, 0.717) is 20.5 Å². The molecule has 0 aliphatic heterocycles. The highest BCUT2D eigenvalue weighted by Crippen LogP contribution is 2.40. The molecule has 0 fully saturated rings. The second-order valence-electron chi connectivity index (χ2n) is 6.69. The summed E-state index contributed by atoms with van der Waals surface area (Å²) in [5, 5.41) is 7.64. The van der Waals surface area contributed by atoms with Crippen LogP contribution in [0.4, 0.5) is 5.00 Å². The number of nitrogens with one attached hydrogen (secondary N) is 2. The first kappa shape index (κ1) is 18.5. The smallest absolute Gasteiger partial charge is 0.267 e. The third-order valence-corrected chi connectivity index (χ3v) is 7.71. The van der Waals surface area contributed by atoms with Gasteiger partial charge in [-0.15, -0.1) is 22.7 Å². The van der Waals surface area contributed by atoms with Crippen molar-refractivity contribution in [3.8, 4) is 0 Å². The number of benzene rings is 1. The monoisotopic (exact) mass is 418 g/mol. The zero-order chi connectivity index (χ0) is 19.1. The minimum absolute atomic E-state index is 0.150. The fourth-order valence-corrected chi connectivity index (χ4v) is 6.29. The van der Waals surface area contributed by atoms with E-state index in [1.807, 2.05) is 25.1 Å². The van der Waals surface area contributed by atoms with Gasteiger partial charge in [0.2, 0.25) is 0 Å². The Balaban J connectivity index is 1.72. The molecule has 27 heavy (non-hydrogen) atoms. The molecule has 0 saturated heterocycles. The van der Waals surface area contributed by atoms with Crippen LogP contribution in [0.15, 0.2) is 18.2 Å². The molecule has 0 radical (unpaired) electrons. The first-order valence-corrected chi connectivity index (χ1v) is 10.9. The molecule has 1 aromatic carbocycles. The Hall–Kier alpha value is -1.89. The van der Waals surface area contributed by atoms with E-state index in [-0.39, 0.29) is 11.8 Å². The molecule has 0 bridgehead atoms. The summed E-state index contributed by atoms with van der Waals surface area (Å²) in [4.78, 5) is 27.1. The summed E-state index contributed by atoms with van der Waals surface area (Å²) in [7, 11) is 1.62. The number of rotatable bonds is 3. The van der Waals surface area contributed by atoms with Crippen LogP contribution in [0.1, 0.15) is 48.9 Å². The van der Waals surface area contributed by atoms with Crippen molar-refractivity contribution in [2.24, 2.45) is 0 Å². The maximum Gasteiger partial charge on any atom is 0.267 e. The van der Waals surface area contributed by atoms with Gasteiger partial charge in [0.1, 0.15) is 9.88 Å². The van der Waals surface area contributed by atoms with Gasteiger partial charge in [-0.3, -0.25) is 9.59 Å². The molecule has 2 heterocycles. The van der Waals surface area contributed by atoms with Gasteiger partial charge in [0.05, 0.1) is 10.6 Å². The number of fused-ring (bicyclic) bond motifs is 2. The third-order valence-electron chi connectivity index (χ3n) is 4.84. The Morgan fingerprint density at radius 2 is 1.89 bits per heavy atom. The van der Waals surface area contributed by atoms with Crippen LogP contribution >= 0.6 is 34.3 Å². The molecule has 1 aliphatic rings. The van der Waals surface area contributed by atoms with Crippen LogP contribution < -0.4 is 10.6 Å². The van der Waals surface area contributed by atoms with Gasteiger partial charge in [-0.25, -0.2) is 0 Å². The minimum Gasteiger partial charge on any atom is -0.355 e. The van der Waals surface area contributed by atoms with Crippen LogP contribution in [0.3, 0.4) is 0 Å². The maximum atomic E-state index is 13.0. The van der Waals surface area contributed by atoms with Gasteiger partial charge in [0, 0.05) is 22.0 Å². The number of aryl methyl sites for hydroxylation is 2. The molecule has 4 nitrogen and oxygen atoms in total. The number of amides is 2. The van der Waals surface area contributed by atoms with E-state index in [1.54, 1.807) is 7.05 Å². The topological polar surface area (TPSA) is 58.2 Å². The molecule has 7 heteroatoms. The molecule has 0 unspecified atom stereocenters. The Morgan fingerprint density at radius 1 is 1.11 bits per heavy atom. The van der Waals surface area contributed by atoms with Crippen LogP contribution in [0.2, 0.25) is 5.02 Å². The van der Waals surface area contributed by atoms with Gasteiger partial charge in [0.15, 0.2) is 0 Å². The van der Waals surface area contributed by atoms with Crippen LogP contribution in [-0.2, 0) is 12.8 Å². The first-order chi connectivity index (χ1) is 13.0. The van der Waals surface area contributed by atoms with E-state index in [1.165, 1.54) is 27.6 Å². The number of hydrogen-bond acceptors (Lipinski definition) is 4. The summed E-state index contributed by atoms with van der Waals surface area (Å²) in [5.74, 6) is -0.412. The average Bonchev–Trinajstić information content (AvgIpc) is 3.18. The SMILES string of the molecule is CNC(=O)c1c(NC(=O)c2sc3cc(C)ccc3c2Cl)sc2c1CCCC2. The molecule has 2 N–H and O–H groups in total. The van der Waals surface area contributed by atoms with Gasteiger partial charge < -0.3 is 10.6 Å². The zero-order valence-electron chi connectivity index (χ0n) is 15.1. The standard InChI is InChI=1S/C20H19ClN2O2S2/c1-10-7-8-12-14(9-10)26-17(16(12)21)19(25)23-20-15(18(24)22-2)11-5-3-4-6-13(11)27-20/h7-9H,3-6H2,1-2H3,(H,22,24)(H,23,25). The fraction of sp³-hybridized carbons (Fsp3) is 0.300. The number of halogens is 1. The summed E-state index contributed by atoms with van der Waals surface area (Å²) in [5.41, 5.74) is 2.82. The predicted octanol–water partition coefficient (Wildman–Crippen LogP) is 5.42. The summed E-state index contributed by atoms with van der Waals surface area (Å²) in [6.07, 6.45) is 4.04. The van der Waals surface area contributed by atoms with Crippen LogP contribution in [0.5, 0.6) is 0 Å². The largest absolute Gasteiger partial charge is 0.355 e. The van der Waals surface area contributed by atoms with Gasteiger partial charge in [-0.05, 0) is 49.8 Å². The van der Waals surface area contributed by atoms with Crippen LogP contribution in [0, 0.1) is 6.92 Å². The summed E-state index contributed by atoms with van der Waals surface area (Å²) in [6.45, 7) is 2.01. The van der Waals surface area contributed by atoms with Crippen LogP contribution in [0.25, 0.3) is 10.1 Å². The van der Waals surface area contributed by atoms with E-state index >= 15 is 0 Å². The molecule has 0 atom stereocenters. The van der Waals surface area contributed by atoms with E-state index in [9.17, 15) is 9.59 Å². The van der Waals surface area contributed by atoms with Crippen molar-refractivity contribution in [1.29, 1.82) is 0 Å². The van der Waals surface area contributed by atoms with Gasteiger partial charge in [0.25, 0.3) is 11.8 Å². The lowest BCUT2D eigenvalue weighted by Crippen LogP contribution is -2.22. The van der Waals surface area contributed by atoms with Crippen molar-refractivity contribution in [3.05, 3.63) is 49.7 Å². The average molecular weight is 419 g/mol. The highest BCUT2D eigenvalue weighted by molar-refractivity contribution is 7.22. The third kappa shape index (κ3) is 3.26. The molecule has 2 aromatic heterocycles. The fourth-order valence-electron chi connectivity index (χ4n) is 3.50. The summed E-state index contributed by atoms with van der Waals surface area (Å²) < 4.78 is 0.988. The number of carbonyl (C=O) groups excluding carboxylic acids is 2. The lowest BCUT2D eigenvalue weighted by Gasteiger charge is -2.12. The van der Waals surface area contributed by atoms with E-state index in [0.717, 1.165) is 46.9 Å². The minimum atomic E-state index is -0.261. The highest BCUT2D eigenvalue weighted by Gasteiger charge is 2.27. The van der Waals surface area contributed by atoms with E-state index in [2.05, 4.69) is 10.6 Å². The molecular formula is C20H19ClN2O2S2. The molecule has 0 spiro atoms. The predicted molar refractivity (Wildman–Crippen MR) is 114 cm³/mol. The number of carbonyl (C=O) groups is 2. The normalized spacial score (nSPS) is 13.4. The molecule has 1 aliphatic carbocycles. The number of anilines is 1. The summed E-state index contributed by atoms with van der Waals surface area (Å²) >= 11 is 9.37. The number of hydrogen-bond donors (Lipinski definition) is 2. The van der Waals surface area contributed by atoms with Gasteiger partial charge >= 0.3 is 0 Å². The first-order valence-electron chi connectivity index (χ1n) is 8.86. The Labute approximate surface area is 170 Å². The number of thiophene rings is 2. The van der Waals surface area contributed by atoms with Crippen molar-refractivity contribution in [2.75, 3.05) is 12.4 Å². The second kappa shape index (κ2) is 7.26. The van der Waals surface area contributed by atoms with Gasteiger partial charge in [-0.2, -0.15) is 0 Å². The highest BCUT2D eigenvalue weighted by atomic mass is 35.5. The second-order valence-corrected chi connectivity index (χ2v) is 9.23. The molecule has 2 amide bonds. The molecule has 140 valence electrons. The Morgan fingerprint density at radius 3 is 2.67 bits per heavy atom. The molecular weight excluding hydrogens is 400 g/mol. The maximum absolute atomic E-state index is 13.0. The van der Waals surface area contributed by atoms with Crippen molar-refractivity contribution in [1.82, 2.24) is 5.32 Å². The zero-order valence-corrected chi connectivity index (χ0v) is 17.5. The van der Waals surface area contributed by atoms with Crippen molar-refractivity contribution >= 4 is 61.2 Å². The quantitative estimate of drug-likeness (QED) is 0.597. The van der Waals surface area contributed by atoms with E-state index < -0.39 is 0 Å². The Kier molecular flexibility index (Phi) is 4.97. The molecule has 3 aromatic rings. The van der Waals surface area contributed by atoms with Crippen molar-refractivity contribution in [3.63, 3.8) is 0 Å². The van der Waals surface area contributed by atoms with Crippen molar-refractivity contribution < 1.29 is 9.59 Å².